The van der Waals surface area contributed by atoms with Gasteiger partial charge in [0.25, 0.3) is 0 Å². The number of anilines is 3. The van der Waals surface area contributed by atoms with Crippen molar-refractivity contribution in [2.75, 3.05) is 35.0 Å². The Morgan fingerprint density at radius 1 is 0.556 bits per heavy atom. The van der Waals surface area contributed by atoms with Crippen molar-refractivity contribution in [1.82, 2.24) is 0 Å². The molecule has 3 N–H and O–H groups in total. The van der Waals surface area contributed by atoms with Crippen LogP contribution in [0, 0.1) is 4.91 Å². The number of rotatable bonds is 1. The number of hydrogen-bond acceptors (Lipinski definition) is 5. The number of aryl methyl sites for hydroxylation is 3. The van der Waals surface area contributed by atoms with Gasteiger partial charge in [0.15, 0.2) is 0 Å². The molecule has 0 bridgehead atoms. The van der Waals surface area contributed by atoms with Crippen LogP contribution in [0.15, 0.2) is 114 Å². The van der Waals surface area contributed by atoms with Crippen molar-refractivity contribution in [2.45, 2.75) is 38.5 Å². The molecule has 0 radical (unpaired) electrons. The van der Waals surface area contributed by atoms with Crippen molar-refractivity contribution in [3.63, 3.8) is 0 Å². The predicted molar refractivity (Wildman–Crippen MR) is 190 cm³/mol. The zero-order valence-corrected chi connectivity index (χ0v) is 25.6. The fourth-order valence-electron chi connectivity index (χ4n) is 7.10. The summed E-state index contributed by atoms with van der Waals surface area (Å²) in [6, 6.07) is 38.2. The third-order valence-electron chi connectivity index (χ3n) is 9.30. The van der Waals surface area contributed by atoms with Gasteiger partial charge < -0.3 is 10.3 Å². The maximum absolute atomic E-state index is 10.7. The highest BCUT2D eigenvalue weighted by molar-refractivity contribution is 5.92. The summed E-state index contributed by atoms with van der Waals surface area (Å²) < 4.78 is 0. The zero-order valence-electron chi connectivity index (χ0n) is 25.6. The molecule has 0 saturated carbocycles. The number of nitrogens with one attached hydrogen (secondary N) is 1. The smallest absolute Gasteiger partial charge is 0.0664 e. The quantitative estimate of drug-likeness (QED) is 0.147. The third-order valence-corrected chi connectivity index (χ3v) is 9.30. The second kappa shape index (κ2) is 13.0. The summed E-state index contributed by atoms with van der Waals surface area (Å²) in [7, 11) is 0. The number of benzene rings is 6. The predicted octanol–water partition coefficient (Wildman–Crippen LogP) is 8.94. The van der Waals surface area contributed by atoms with Gasteiger partial charge in [-0.2, -0.15) is 0 Å². The summed E-state index contributed by atoms with van der Waals surface area (Å²) in [5, 5.41) is 17.9. The molecule has 3 heterocycles. The highest BCUT2D eigenvalue weighted by Crippen LogP contribution is 2.34. The van der Waals surface area contributed by atoms with Crippen LogP contribution in [0.25, 0.3) is 32.3 Å². The first-order valence-corrected chi connectivity index (χ1v) is 16.1. The van der Waals surface area contributed by atoms with Crippen molar-refractivity contribution in [2.24, 2.45) is 11.1 Å². The van der Waals surface area contributed by atoms with Crippen LogP contribution in [0.2, 0.25) is 0 Å². The first kappa shape index (κ1) is 28.8. The van der Waals surface area contributed by atoms with Gasteiger partial charge in [0.1, 0.15) is 0 Å². The monoisotopic (exact) mass is 593 g/mol. The Labute approximate surface area is 264 Å². The van der Waals surface area contributed by atoms with E-state index in [0.717, 1.165) is 51.0 Å². The molecule has 9 rings (SSSR count). The Morgan fingerprint density at radius 3 is 1.71 bits per heavy atom. The molecule has 0 saturated heterocycles. The van der Waals surface area contributed by atoms with E-state index in [4.69, 9.17) is 5.84 Å². The largest absolute Gasteiger partial charge is 0.385 e. The first-order valence-electron chi connectivity index (χ1n) is 16.1. The Balaban J connectivity index is 0.000000109. The number of nitrogens with zero attached hydrogens (tertiary/aromatic N) is 3. The van der Waals surface area contributed by atoms with Gasteiger partial charge in [-0.3, -0.25) is 0 Å². The van der Waals surface area contributed by atoms with E-state index < -0.39 is 0 Å². The molecule has 45 heavy (non-hydrogen) atoms. The van der Waals surface area contributed by atoms with E-state index in [-0.39, 0.29) is 0 Å². The Morgan fingerprint density at radius 2 is 1.07 bits per heavy atom. The normalized spacial score (nSPS) is 15.0. The minimum Gasteiger partial charge on any atom is -0.385 e. The van der Waals surface area contributed by atoms with Gasteiger partial charge in [-0.25, -0.2) is 10.9 Å². The van der Waals surface area contributed by atoms with E-state index in [0.29, 0.717) is 0 Å². The lowest BCUT2D eigenvalue weighted by Gasteiger charge is -2.27. The Bertz CT molecular complexity index is 1990. The summed E-state index contributed by atoms with van der Waals surface area (Å²) in [4.78, 5) is 10.7. The van der Waals surface area contributed by atoms with Crippen LogP contribution in [-0.2, 0) is 19.3 Å². The van der Waals surface area contributed by atoms with E-state index in [1.54, 1.807) is 5.01 Å². The van der Waals surface area contributed by atoms with Gasteiger partial charge in [-0.15, -0.1) is 4.91 Å². The Kier molecular flexibility index (Phi) is 8.30. The molecule has 6 heteroatoms. The number of hydrogen-bond donors (Lipinski definition) is 2. The molecule has 3 aliphatic rings. The average molecular weight is 594 g/mol. The minimum absolute atomic E-state index is 0.731. The van der Waals surface area contributed by atoms with Crippen molar-refractivity contribution >= 4 is 49.4 Å². The van der Waals surface area contributed by atoms with Crippen LogP contribution in [0.3, 0.4) is 0 Å². The summed E-state index contributed by atoms with van der Waals surface area (Å²) in [6.07, 6.45) is 6.78. The van der Waals surface area contributed by atoms with Crippen LogP contribution >= 0.6 is 0 Å². The van der Waals surface area contributed by atoms with Crippen LogP contribution in [0.1, 0.15) is 36.0 Å². The maximum Gasteiger partial charge on any atom is 0.0664 e. The lowest BCUT2D eigenvalue weighted by atomic mass is 9.96. The topological polar surface area (TPSA) is 74.0 Å². The lowest BCUT2D eigenvalue weighted by Crippen LogP contribution is -2.35. The van der Waals surface area contributed by atoms with Gasteiger partial charge in [-0.05, 0) is 106 Å². The fraction of sp³-hybridized carbons (Fsp3) is 0.231. The summed E-state index contributed by atoms with van der Waals surface area (Å²) >= 11 is 0. The number of nitrogens with two attached hydrogens (primary N) is 1. The molecule has 0 aromatic heterocycles. The second-order valence-corrected chi connectivity index (χ2v) is 12.0. The van der Waals surface area contributed by atoms with E-state index in [9.17, 15) is 4.91 Å². The van der Waals surface area contributed by atoms with E-state index in [1.807, 2.05) is 23.2 Å². The third kappa shape index (κ3) is 5.81. The highest BCUT2D eigenvalue weighted by atomic mass is 16.3. The highest BCUT2D eigenvalue weighted by Gasteiger charge is 2.19. The molecular formula is C39H39N5O. The van der Waals surface area contributed by atoms with Crippen LogP contribution in [0.4, 0.5) is 17.1 Å². The van der Waals surface area contributed by atoms with Gasteiger partial charge in [0.05, 0.1) is 16.7 Å². The first-order chi connectivity index (χ1) is 22.2. The van der Waals surface area contributed by atoms with Crippen molar-refractivity contribution in [1.29, 1.82) is 0 Å². The van der Waals surface area contributed by atoms with E-state index in [1.165, 1.54) is 73.2 Å². The molecule has 0 unspecified atom stereocenters. The molecule has 0 amide bonds. The fourth-order valence-corrected chi connectivity index (χ4v) is 7.10. The maximum atomic E-state index is 10.7. The average Bonchev–Trinajstić information content (AvgIpc) is 3.12. The second-order valence-electron chi connectivity index (χ2n) is 12.0. The summed E-state index contributed by atoms with van der Waals surface area (Å²) in [6.45, 7) is 2.81. The zero-order chi connectivity index (χ0) is 30.6. The number of nitroso groups, excluding NO2 is 1. The molecule has 226 valence electrons. The van der Waals surface area contributed by atoms with Crippen molar-refractivity contribution in [3.05, 3.63) is 131 Å². The van der Waals surface area contributed by atoms with Gasteiger partial charge >= 0.3 is 0 Å². The minimum atomic E-state index is 0.731. The molecular weight excluding hydrogens is 554 g/mol. The molecule has 6 aromatic carbocycles. The molecule has 3 aliphatic heterocycles. The molecule has 0 aliphatic carbocycles. The van der Waals surface area contributed by atoms with E-state index in [2.05, 4.69) is 102 Å². The summed E-state index contributed by atoms with van der Waals surface area (Å²) in [5.41, 5.74) is 7.65. The molecule has 0 atom stereocenters. The molecule has 0 fully saturated rings. The van der Waals surface area contributed by atoms with Crippen LogP contribution < -0.4 is 21.2 Å². The lowest BCUT2D eigenvalue weighted by molar-refractivity contribution is 0.716. The number of hydrazine groups is 1. The van der Waals surface area contributed by atoms with Gasteiger partial charge in [-0.1, -0.05) is 91.0 Å². The molecule has 6 aromatic rings. The van der Waals surface area contributed by atoms with Gasteiger partial charge in [0.2, 0.25) is 0 Å². The van der Waals surface area contributed by atoms with Crippen molar-refractivity contribution in [3.8, 4) is 0 Å². The van der Waals surface area contributed by atoms with Crippen LogP contribution in [-0.4, -0.2) is 19.6 Å². The standard InChI is InChI=1S/C13H12N2O.C13H14N2.C13H13N/c16-14-15-9-3-6-12-11-5-2-1-4-10(11)7-8-13(12)15;14-15-9-3-6-12-11-5-2-1-4-10(11)7-8-13(12)15;1-2-5-11-10(4-1)7-8-13-12(11)6-3-9-14-13/h1-2,4-5,7-8H,3,6,9H2;1-2,4-5,7-8H,3,6,9,14H2;1-2,4-5,7-8,14H,3,6,9H2. The molecule has 6 nitrogen and oxygen atoms in total. The van der Waals surface area contributed by atoms with E-state index >= 15 is 0 Å². The van der Waals surface area contributed by atoms with Crippen molar-refractivity contribution < 1.29 is 0 Å². The van der Waals surface area contributed by atoms with Crippen LogP contribution in [0.5, 0.6) is 0 Å². The summed E-state index contributed by atoms with van der Waals surface area (Å²) in [5.74, 6) is 5.97. The SMILES string of the molecule is NN1CCCc2c1ccc1ccccc21.O=NN1CCCc2c1ccc1ccccc21.c1ccc2c3c(ccc2c1)NCCC3. The number of fused-ring (bicyclic) bond motifs is 9. The van der Waals surface area contributed by atoms with Gasteiger partial charge in [0, 0.05) is 25.3 Å². The Hall–Kier alpha value is -4.94. The molecule has 0 spiro atoms.